The standard InChI is InChI=1S/C21H23ClN4O3S/c1-26(16-7-3-2-4-8-16)30(28,29)17-9-5-6-14(12-17)20-23-21(25-24-20)18-13-15(22)10-11-19(18)27/h5-6,9-13,16,27H,2-4,7-8H2,1H3,(H,23,24,25). The minimum Gasteiger partial charge on any atom is -0.507 e. The van der Waals surface area contributed by atoms with Gasteiger partial charge in [0.2, 0.25) is 10.0 Å². The predicted molar refractivity (Wildman–Crippen MR) is 116 cm³/mol. The van der Waals surface area contributed by atoms with Crippen LogP contribution in [0.25, 0.3) is 22.8 Å². The van der Waals surface area contributed by atoms with Crippen LogP contribution in [0.5, 0.6) is 5.75 Å². The quantitative estimate of drug-likeness (QED) is 0.603. The van der Waals surface area contributed by atoms with Gasteiger partial charge in [-0.1, -0.05) is 43.0 Å². The zero-order valence-electron chi connectivity index (χ0n) is 16.5. The summed E-state index contributed by atoms with van der Waals surface area (Å²) in [6.07, 6.45) is 5.06. The first kappa shape index (κ1) is 20.8. The minimum atomic E-state index is -3.62. The molecule has 1 aliphatic rings. The third kappa shape index (κ3) is 4.08. The lowest BCUT2D eigenvalue weighted by Gasteiger charge is -2.30. The molecule has 2 aromatic carbocycles. The molecule has 7 nitrogen and oxygen atoms in total. The van der Waals surface area contributed by atoms with Crippen LogP contribution in [0.15, 0.2) is 47.4 Å². The molecule has 3 aromatic rings. The van der Waals surface area contributed by atoms with Gasteiger partial charge in [-0.15, -0.1) is 0 Å². The zero-order valence-corrected chi connectivity index (χ0v) is 18.1. The van der Waals surface area contributed by atoms with Crippen molar-refractivity contribution in [3.63, 3.8) is 0 Å². The summed E-state index contributed by atoms with van der Waals surface area (Å²) in [6, 6.07) is 11.3. The Balaban J connectivity index is 1.64. The second-order valence-electron chi connectivity index (χ2n) is 7.51. The molecule has 0 aliphatic heterocycles. The number of phenols is 1. The van der Waals surface area contributed by atoms with Crippen LogP contribution in [-0.2, 0) is 10.0 Å². The van der Waals surface area contributed by atoms with Crippen molar-refractivity contribution >= 4 is 21.6 Å². The highest BCUT2D eigenvalue weighted by Gasteiger charge is 2.29. The topological polar surface area (TPSA) is 99.2 Å². The first-order chi connectivity index (χ1) is 14.4. The van der Waals surface area contributed by atoms with E-state index in [4.69, 9.17) is 11.6 Å². The molecule has 1 fully saturated rings. The second-order valence-corrected chi connectivity index (χ2v) is 9.94. The van der Waals surface area contributed by atoms with Gasteiger partial charge in [0.25, 0.3) is 0 Å². The fraction of sp³-hybridized carbons (Fsp3) is 0.333. The van der Waals surface area contributed by atoms with E-state index in [9.17, 15) is 13.5 Å². The van der Waals surface area contributed by atoms with Crippen LogP contribution in [0.1, 0.15) is 32.1 Å². The fourth-order valence-electron chi connectivity index (χ4n) is 3.81. The van der Waals surface area contributed by atoms with Crippen molar-refractivity contribution in [3.8, 4) is 28.5 Å². The SMILES string of the molecule is CN(C1CCCCC1)S(=O)(=O)c1cccc(-c2n[nH]c(-c3cc(Cl)ccc3O)n2)c1. The Bertz CT molecular complexity index is 1160. The van der Waals surface area contributed by atoms with Crippen LogP contribution >= 0.6 is 11.6 Å². The number of benzene rings is 2. The molecule has 1 aliphatic carbocycles. The lowest BCUT2D eigenvalue weighted by atomic mass is 9.96. The maximum absolute atomic E-state index is 13.2. The predicted octanol–water partition coefficient (Wildman–Crippen LogP) is 4.45. The minimum absolute atomic E-state index is 0.0209. The number of aromatic hydroxyl groups is 1. The van der Waals surface area contributed by atoms with Crippen molar-refractivity contribution in [2.24, 2.45) is 0 Å². The highest BCUT2D eigenvalue weighted by molar-refractivity contribution is 7.89. The highest BCUT2D eigenvalue weighted by atomic mass is 35.5. The molecular weight excluding hydrogens is 424 g/mol. The van der Waals surface area contributed by atoms with E-state index >= 15 is 0 Å². The molecule has 0 bridgehead atoms. The summed E-state index contributed by atoms with van der Waals surface area (Å²) in [5.41, 5.74) is 0.985. The highest BCUT2D eigenvalue weighted by Crippen LogP contribution is 2.31. The monoisotopic (exact) mass is 446 g/mol. The summed E-state index contributed by atoms with van der Waals surface area (Å²) in [7, 11) is -1.96. The van der Waals surface area contributed by atoms with Gasteiger partial charge in [-0.05, 0) is 43.2 Å². The van der Waals surface area contributed by atoms with Gasteiger partial charge in [0, 0.05) is 23.7 Å². The number of aromatic nitrogens is 3. The van der Waals surface area contributed by atoms with Gasteiger partial charge in [0.15, 0.2) is 11.6 Å². The van der Waals surface area contributed by atoms with Gasteiger partial charge in [-0.25, -0.2) is 13.4 Å². The van der Waals surface area contributed by atoms with Crippen molar-refractivity contribution in [1.29, 1.82) is 0 Å². The molecule has 1 heterocycles. The van der Waals surface area contributed by atoms with E-state index in [0.29, 0.717) is 27.8 Å². The summed E-state index contributed by atoms with van der Waals surface area (Å²) in [5, 5.41) is 17.5. The van der Waals surface area contributed by atoms with Gasteiger partial charge in [-0.2, -0.15) is 9.40 Å². The molecule has 2 N–H and O–H groups in total. The maximum atomic E-state index is 13.2. The van der Waals surface area contributed by atoms with Crippen molar-refractivity contribution < 1.29 is 13.5 Å². The summed E-state index contributed by atoms with van der Waals surface area (Å²) in [5.74, 6) is 0.701. The number of nitrogens with zero attached hydrogens (tertiary/aromatic N) is 3. The van der Waals surface area contributed by atoms with Gasteiger partial charge >= 0.3 is 0 Å². The molecule has 4 rings (SSSR count). The van der Waals surface area contributed by atoms with E-state index in [1.54, 1.807) is 43.4 Å². The number of halogens is 1. The molecule has 30 heavy (non-hydrogen) atoms. The van der Waals surface area contributed by atoms with Gasteiger partial charge < -0.3 is 5.11 Å². The third-order valence-electron chi connectivity index (χ3n) is 5.56. The molecule has 0 spiro atoms. The lowest BCUT2D eigenvalue weighted by Crippen LogP contribution is -2.38. The Labute approximate surface area is 180 Å². The van der Waals surface area contributed by atoms with Crippen LogP contribution in [-0.4, -0.2) is 46.1 Å². The Morgan fingerprint density at radius 1 is 1.13 bits per heavy atom. The molecule has 9 heteroatoms. The Hall–Kier alpha value is -2.42. The Morgan fingerprint density at radius 2 is 1.90 bits per heavy atom. The van der Waals surface area contributed by atoms with E-state index < -0.39 is 10.0 Å². The number of phenolic OH excluding ortho intramolecular Hbond substituents is 1. The first-order valence-electron chi connectivity index (χ1n) is 9.86. The Kier molecular flexibility index (Phi) is 5.81. The fourth-order valence-corrected chi connectivity index (χ4v) is 5.45. The van der Waals surface area contributed by atoms with Crippen molar-refractivity contribution in [3.05, 3.63) is 47.5 Å². The molecule has 0 saturated heterocycles. The number of hydrogen-bond acceptors (Lipinski definition) is 5. The third-order valence-corrected chi connectivity index (χ3v) is 7.70. The summed E-state index contributed by atoms with van der Waals surface area (Å²) < 4.78 is 27.8. The van der Waals surface area contributed by atoms with E-state index in [2.05, 4.69) is 15.2 Å². The summed E-state index contributed by atoms with van der Waals surface area (Å²) in [6.45, 7) is 0. The largest absolute Gasteiger partial charge is 0.507 e. The van der Waals surface area contributed by atoms with Crippen LogP contribution in [0.4, 0.5) is 0 Å². The molecule has 0 unspecified atom stereocenters. The number of hydrogen-bond donors (Lipinski definition) is 2. The van der Waals surface area contributed by atoms with Gasteiger partial charge in [0.05, 0.1) is 10.5 Å². The number of nitrogens with one attached hydrogen (secondary N) is 1. The second kappa shape index (κ2) is 8.37. The van der Waals surface area contributed by atoms with Crippen LogP contribution in [0, 0.1) is 0 Å². The number of H-pyrrole nitrogens is 1. The van der Waals surface area contributed by atoms with Gasteiger partial charge in [-0.3, -0.25) is 5.10 Å². The number of aromatic amines is 1. The van der Waals surface area contributed by atoms with Crippen molar-refractivity contribution in [1.82, 2.24) is 19.5 Å². The zero-order chi connectivity index (χ0) is 21.3. The normalized spacial score (nSPS) is 15.6. The van der Waals surface area contributed by atoms with E-state index in [1.165, 1.54) is 10.4 Å². The van der Waals surface area contributed by atoms with E-state index in [0.717, 1.165) is 32.1 Å². The summed E-state index contributed by atoms with van der Waals surface area (Å²) >= 11 is 6.01. The summed E-state index contributed by atoms with van der Waals surface area (Å²) in [4.78, 5) is 4.63. The van der Waals surface area contributed by atoms with Crippen LogP contribution < -0.4 is 0 Å². The molecule has 0 radical (unpaired) electrons. The van der Waals surface area contributed by atoms with Gasteiger partial charge in [0.1, 0.15) is 5.75 Å². The molecule has 158 valence electrons. The van der Waals surface area contributed by atoms with E-state index in [1.807, 2.05) is 0 Å². The molecule has 1 aromatic heterocycles. The number of sulfonamides is 1. The van der Waals surface area contributed by atoms with Crippen molar-refractivity contribution in [2.75, 3.05) is 7.05 Å². The smallest absolute Gasteiger partial charge is 0.243 e. The van der Waals surface area contributed by atoms with Crippen molar-refractivity contribution in [2.45, 2.75) is 43.0 Å². The first-order valence-corrected chi connectivity index (χ1v) is 11.7. The average molecular weight is 447 g/mol. The Morgan fingerprint density at radius 3 is 2.67 bits per heavy atom. The molecule has 0 atom stereocenters. The average Bonchev–Trinajstić information content (AvgIpc) is 3.25. The lowest BCUT2D eigenvalue weighted by molar-refractivity contribution is 0.286. The number of rotatable bonds is 5. The van der Waals surface area contributed by atoms with Crippen LogP contribution in [0.2, 0.25) is 5.02 Å². The van der Waals surface area contributed by atoms with E-state index in [-0.39, 0.29) is 16.7 Å². The molecular formula is C21H23ClN4O3S. The van der Waals surface area contributed by atoms with Crippen LogP contribution in [0.3, 0.4) is 0 Å². The molecule has 0 amide bonds. The maximum Gasteiger partial charge on any atom is 0.243 e. The molecule has 1 saturated carbocycles.